The largest absolute Gasteiger partial charge is 0.508 e. The molecule has 0 aromatic heterocycles. The molecule has 2 aromatic carbocycles. The van der Waals surface area contributed by atoms with Gasteiger partial charge in [-0.2, -0.15) is 0 Å². The molecule has 0 saturated heterocycles. The molecule has 0 heterocycles. The number of methoxy groups -OCH3 is 1. The number of hydrogen-bond donors (Lipinski definition) is 3. The molecule has 0 unspecified atom stereocenters. The predicted octanol–water partition coefficient (Wildman–Crippen LogP) is 2.60. The molecule has 0 saturated carbocycles. The maximum Gasteiger partial charge on any atom is 0.122 e. The zero-order valence-electron chi connectivity index (χ0n) is 10.2. The first-order valence-electron chi connectivity index (χ1n) is 5.65. The second-order valence-electron chi connectivity index (χ2n) is 3.93. The standard InChI is InChI=1S/C14H16N2O2/c1-18-11-5-2-4-10(8-11)16-9-12-13(15)6-3-7-14(12)17/h2-8,16-17H,9,15H2,1H3. The minimum absolute atomic E-state index is 0.199. The van der Waals surface area contributed by atoms with Gasteiger partial charge >= 0.3 is 0 Å². The van der Waals surface area contributed by atoms with E-state index in [1.54, 1.807) is 25.3 Å². The Bertz CT molecular complexity index is 521. The summed E-state index contributed by atoms with van der Waals surface area (Å²) in [7, 11) is 1.63. The van der Waals surface area contributed by atoms with Gasteiger partial charge in [0.05, 0.1) is 7.11 Å². The number of benzene rings is 2. The maximum atomic E-state index is 9.73. The zero-order chi connectivity index (χ0) is 13.0. The van der Waals surface area contributed by atoms with Gasteiger partial charge in [0.15, 0.2) is 0 Å². The lowest BCUT2D eigenvalue weighted by Crippen LogP contribution is -2.03. The molecular weight excluding hydrogens is 228 g/mol. The van der Waals surface area contributed by atoms with Crippen molar-refractivity contribution < 1.29 is 9.84 Å². The highest BCUT2D eigenvalue weighted by Gasteiger charge is 2.04. The minimum Gasteiger partial charge on any atom is -0.508 e. The van der Waals surface area contributed by atoms with E-state index < -0.39 is 0 Å². The molecule has 4 nitrogen and oxygen atoms in total. The van der Waals surface area contributed by atoms with Gasteiger partial charge in [-0.1, -0.05) is 12.1 Å². The van der Waals surface area contributed by atoms with E-state index >= 15 is 0 Å². The number of phenolic OH excluding ortho intramolecular Hbond substituents is 1. The first-order valence-corrected chi connectivity index (χ1v) is 5.65. The van der Waals surface area contributed by atoms with Crippen molar-refractivity contribution in [2.45, 2.75) is 6.54 Å². The van der Waals surface area contributed by atoms with E-state index in [0.29, 0.717) is 17.8 Å². The molecule has 18 heavy (non-hydrogen) atoms. The molecule has 0 radical (unpaired) electrons. The van der Waals surface area contributed by atoms with Gasteiger partial charge in [0.25, 0.3) is 0 Å². The SMILES string of the molecule is COc1cccc(NCc2c(N)cccc2O)c1. The van der Waals surface area contributed by atoms with Crippen LogP contribution < -0.4 is 15.8 Å². The van der Waals surface area contributed by atoms with Gasteiger partial charge in [-0.15, -0.1) is 0 Å². The Morgan fingerprint density at radius 2 is 2.00 bits per heavy atom. The van der Waals surface area contributed by atoms with E-state index in [0.717, 1.165) is 11.4 Å². The molecule has 0 aliphatic rings. The number of ether oxygens (including phenoxy) is 1. The van der Waals surface area contributed by atoms with Crippen molar-refractivity contribution in [3.05, 3.63) is 48.0 Å². The van der Waals surface area contributed by atoms with Crippen molar-refractivity contribution in [2.24, 2.45) is 0 Å². The Morgan fingerprint density at radius 3 is 2.72 bits per heavy atom. The lowest BCUT2D eigenvalue weighted by atomic mass is 10.1. The van der Waals surface area contributed by atoms with Gasteiger partial charge in [-0.05, 0) is 24.3 Å². The molecule has 4 N–H and O–H groups in total. The van der Waals surface area contributed by atoms with Crippen LogP contribution in [0.15, 0.2) is 42.5 Å². The molecule has 94 valence electrons. The molecule has 2 aromatic rings. The van der Waals surface area contributed by atoms with E-state index in [4.69, 9.17) is 10.5 Å². The quantitative estimate of drug-likeness (QED) is 0.723. The number of nitrogens with two attached hydrogens (primary N) is 1. The summed E-state index contributed by atoms with van der Waals surface area (Å²) < 4.78 is 5.14. The van der Waals surface area contributed by atoms with Gasteiger partial charge in [-0.3, -0.25) is 0 Å². The number of nitrogens with one attached hydrogen (secondary N) is 1. The van der Waals surface area contributed by atoms with E-state index in [9.17, 15) is 5.11 Å². The molecule has 0 spiro atoms. The van der Waals surface area contributed by atoms with Crippen LogP contribution in [0.2, 0.25) is 0 Å². The Hall–Kier alpha value is -2.36. The smallest absolute Gasteiger partial charge is 0.122 e. The number of anilines is 2. The Labute approximate surface area is 106 Å². The lowest BCUT2D eigenvalue weighted by Gasteiger charge is -2.11. The molecule has 4 heteroatoms. The van der Waals surface area contributed by atoms with Gasteiger partial charge in [0, 0.05) is 29.5 Å². The van der Waals surface area contributed by atoms with E-state index in [2.05, 4.69) is 5.32 Å². The van der Waals surface area contributed by atoms with Crippen LogP contribution >= 0.6 is 0 Å². The molecule has 0 aliphatic heterocycles. The molecule has 0 bridgehead atoms. The first-order chi connectivity index (χ1) is 8.70. The van der Waals surface area contributed by atoms with Gasteiger partial charge in [0.2, 0.25) is 0 Å². The summed E-state index contributed by atoms with van der Waals surface area (Å²) in [6.07, 6.45) is 0. The van der Waals surface area contributed by atoms with Crippen LogP contribution in [0.1, 0.15) is 5.56 Å². The molecular formula is C14H16N2O2. The van der Waals surface area contributed by atoms with Crippen LogP contribution in [0.25, 0.3) is 0 Å². The van der Waals surface area contributed by atoms with E-state index in [-0.39, 0.29) is 5.75 Å². The fourth-order valence-electron chi connectivity index (χ4n) is 1.71. The van der Waals surface area contributed by atoms with Crippen molar-refractivity contribution in [3.8, 4) is 11.5 Å². The third-order valence-electron chi connectivity index (χ3n) is 2.73. The molecule has 0 fully saturated rings. The zero-order valence-corrected chi connectivity index (χ0v) is 10.2. The highest BCUT2D eigenvalue weighted by Crippen LogP contribution is 2.24. The fraction of sp³-hybridized carbons (Fsp3) is 0.143. The molecule has 0 aliphatic carbocycles. The summed E-state index contributed by atoms with van der Waals surface area (Å²) in [6.45, 7) is 0.464. The van der Waals surface area contributed by atoms with E-state index in [1.165, 1.54) is 0 Å². The average molecular weight is 244 g/mol. The number of hydrogen-bond acceptors (Lipinski definition) is 4. The summed E-state index contributed by atoms with van der Waals surface area (Å²) in [5.74, 6) is 0.982. The third kappa shape index (κ3) is 2.66. The van der Waals surface area contributed by atoms with Crippen LogP contribution in [0.3, 0.4) is 0 Å². The fourth-order valence-corrected chi connectivity index (χ4v) is 1.71. The summed E-state index contributed by atoms with van der Waals surface area (Å²) in [4.78, 5) is 0. The van der Waals surface area contributed by atoms with Crippen LogP contribution in [0, 0.1) is 0 Å². The molecule has 2 rings (SSSR count). The predicted molar refractivity (Wildman–Crippen MR) is 72.8 cm³/mol. The summed E-state index contributed by atoms with van der Waals surface area (Å²) in [5, 5.41) is 12.9. The van der Waals surface area contributed by atoms with Crippen LogP contribution in [-0.4, -0.2) is 12.2 Å². The Morgan fingerprint density at radius 1 is 1.22 bits per heavy atom. The lowest BCUT2D eigenvalue weighted by molar-refractivity contribution is 0.415. The average Bonchev–Trinajstić information content (AvgIpc) is 2.38. The second kappa shape index (κ2) is 5.31. The van der Waals surface area contributed by atoms with Gasteiger partial charge < -0.3 is 20.9 Å². The monoisotopic (exact) mass is 244 g/mol. The van der Waals surface area contributed by atoms with Crippen LogP contribution in [0.5, 0.6) is 11.5 Å². The van der Waals surface area contributed by atoms with Crippen molar-refractivity contribution >= 4 is 11.4 Å². The minimum atomic E-state index is 0.199. The Kier molecular flexibility index (Phi) is 3.57. The van der Waals surface area contributed by atoms with Crippen molar-refractivity contribution in [1.82, 2.24) is 0 Å². The summed E-state index contributed by atoms with van der Waals surface area (Å²) in [6, 6.07) is 12.7. The number of nitrogen functional groups attached to an aromatic ring is 1. The normalized spacial score (nSPS) is 10.1. The molecule has 0 atom stereocenters. The summed E-state index contributed by atoms with van der Waals surface area (Å²) in [5.41, 5.74) is 8.00. The highest BCUT2D eigenvalue weighted by atomic mass is 16.5. The third-order valence-corrected chi connectivity index (χ3v) is 2.73. The number of phenols is 1. The van der Waals surface area contributed by atoms with Crippen molar-refractivity contribution in [3.63, 3.8) is 0 Å². The van der Waals surface area contributed by atoms with Gasteiger partial charge in [0.1, 0.15) is 11.5 Å². The van der Waals surface area contributed by atoms with Crippen LogP contribution in [0.4, 0.5) is 11.4 Å². The Balaban J connectivity index is 2.11. The topological polar surface area (TPSA) is 67.5 Å². The highest BCUT2D eigenvalue weighted by molar-refractivity contribution is 5.56. The number of aromatic hydroxyl groups is 1. The first kappa shape index (κ1) is 12.1. The second-order valence-corrected chi connectivity index (χ2v) is 3.93. The summed E-state index contributed by atoms with van der Waals surface area (Å²) >= 11 is 0. The van der Waals surface area contributed by atoms with Crippen molar-refractivity contribution in [2.75, 3.05) is 18.2 Å². The number of rotatable bonds is 4. The van der Waals surface area contributed by atoms with Crippen LogP contribution in [-0.2, 0) is 6.54 Å². The van der Waals surface area contributed by atoms with E-state index in [1.807, 2.05) is 24.3 Å². The maximum absolute atomic E-state index is 9.73. The molecule has 0 amide bonds. The van der Waals surface area contributed by atoms with Gasteiger partial charge in [-0.25, -0.2) is 0 Å². The van der Waals surface area contributed by atoms with Crippen molar-refractivity contribution in [1.29, 1.82) is 0 Å².